The van der Waals surface area contributed by atoms with Crippen molar-refractivity contribution in [3.05, 3.63) is 0 Å². The highest BCUT2D eigenvalue weighted by atomic mass is 16.5. The van der Waals surface area contributed by atoms with Crippen molar-refractivity contribution in [3.8, 4) is 0 Å². The first-order valence-electron chi connectivity index (χ1n) is 9.60. The highest BCUT2D eigenvalue weighted by molar-refractivity contribution is 5.79. The van der Waals surface area contributed by atoms with E-state index < -0.39 is 0 Å². The second-order valence-corrected chi connectivity index (χ2v) is 6.38. The molecule has 1 fully saturated rings. The van der Waals surface area contributed by atoms with Gasteiger partial charge in [0.2, 0.25) is 0 Å². The summed E-state index contributed by atoms with van der Waals surface area (Å²) in [5.41, 5.74) is 0. The van der Waals surface area contributed by atoms with Crippen LogP contribution in [0.4, 0.5) is 0 Å². The first-order valence-corrected chi connectivity index (χ1v) is 9.60. The van der Waals surface area contributed by atoms with E-state index in [1.54, 1.807) is 14.2 Å². The highest BCUT2D eigenvalue weighted by Gasteiger charge is 2.18. The van der Waals surface area contributed by atoms with Crippen molar-refractivity contribution in [1.82, 2.24) is 15.5 Å². The summed E-state index contributed by atoms with van der Waals surface area (Å²) < 4.78 is 15.6. The van der Waals surface area contributed by atoms with Gasteiger partial charge in [0.25, 0.3) is 0 Å². The van der Waals surface area contributed by atoms with Gasteiger partial charge in [0.1, 0.15) is 0 Å². The third kappa shape index (κ3) is 11.4. The third-order valence-corrected chi connectivity index (χ3v) is 4.36. The molecular formula is C18H38N4O3. The van der Waals surface area contributed by atoms with E-state index in [1.807, 2.05) is 0 Å². The van der Waals surface area contributed by atoms with Gasteiger partial charge in [0, 0.05) is 47.0 Å². The maximum Gasteiger partial charge on any atom is 0.191 e. The van der Waals surface area contributed by atoms with Crippen LogP contribution in [-0.4, -0.2) is 90.8 Å². The summed E-state index contributed by atoms with van der Waals surface area (Å²) in [7, 11) is 3.45. The molecular weight excluding hydrogens is 320 g/mol. The Balaban J connectivity index is 2.17. The summed E-state index contributed by atoms with van der Waals surface area (Å²) in [6.07, 6.45) is 3.41. The standard InChI is InChI=1S/C18H38N4O3/c1-4-19-18(20-8-5-12-25-15-14-24-3)21-16-17-6-9-22(10-7-17)11-13-23-2/h17H,4-16H2,1-3H3,(H2,19,20,21). The minimum absolute atomic E-state index is 0.655. The van der Waals surface area contributed by atoms with Crippen LogP contribution in [-0.2, 0) is 14.2 Å². The van der Waals surface area contributed by atoms with Crippen molar-refractivity contribution in [3.63, 3.8) is 0 Å². The molecule has 0 spiro atoms. The van der Waals surface area contributed by atoms with E-state index in [4.69, 9.17) is 19.2 Å². The number of nitrogens with one attached hydrogen (secondary N) is 2. The van der Waals surface area contributed by atoms with Crippen LogP contribution in [0.2, 0.25) is 0 Å². The summed E-state index contributed by atoms with van der Waals surface area (Å²) in [4.78, 5) is 7.24. The predicted octanol–water partition coefficient (Wildman–Crippen LogP) is 0.953. The molecule has 2 N–H and O–H groups in total. The molecule has 0 aromatic heterocycles. The van der Waals surface area contributed by atoms with Crippen molar-refractivity contribution < 1.29 is 14.2 Å². The fourth-order valence-corrected chi connectivity index (χ4v) is 2.80. The zero-order chi connectivity index (χ0) is 18.2. The van der Waals surface area contributed by atoms with Gasteiger partial charge in [-0.25, -0.2) is 0 Å². The van der Waals surface area contributed by atoms with Crippen LogP contribution in [0.5, 0.6) is 0 Å². The molecule has 7 heteroatoms. The summed E-state index contributed by atoms with van der Waals surface area (Å²) >= 11 is 0. The smallest absolute Gasteiger partial charge is 0.191 e. The molecule has 7 nitrogen and oxygen atoms in total. The quantitative estimate of drug-likeness (QED) is 0.290. The molecule has 0 aliphatic carbocycles. The topological polar surface area (TPSA) is 67.4 Å². The molecule has 1 saturated heterocycles. The molecule has 25 heavy (non-hydrogen) atoms. The van der Waals surface area contributed by atoms with Gasteiger partial charge in [-0.05, 0) is 45.2 Å². The number of ether oxygens (including phenoxy) is 3. The average molecular weight is 359 g/mol. The van der Waals surface area contributed by atoms with Crippen molar-refractivity contribution in [1.29, 1.82) is 0 Å². The molecule has 0 aromatic rings. The van der Waals surface area contributed by atoms with Gasteiger partial charge in [-0.1, -0.05) is 0 Å². The summed E-state index contributed by atoms with van der Waals surface area (Å²) in [6, 6.07) is 0. The molecule has 0 atom stereocenters. The number of nitrogens with zero attached hydrogens (tertiary/aromatic N) is 2. The summed E-state index contributed by atoms with van der Waals surface area (Å²) in [5, 5.41) is 6.71. The van der Waals surface area contributed by atoms with E-state index in [9.17, 15) is 0 Å². The molecule has 0 unspecified atom stereocenters. The Bertz CT molecular complexity index is 334. The first kappa shape index (κ1) is 22.2. The normalized spacial score (nSPS) is 17.0. The monoisotopic (exact) mass is 358 g/mol. The zero-order valence-electron chi connectivity index (χ0n) is 16.4. The lowest BCUT2D eigenvalue weighted by molar-refractivity contribution is 0.0698. The van der Waals surface area contributed by atoms with E-state index in [1.165, 1.54) is 12.8 Å². The van der Waals surface area contributed by atoms with Crippen LogP contribution in [0, 0.1) is 5.92 Å². The van der Waals surface area contributed by atoms with E-state index in [0.717, 1.165) is 64.9 Å². The Labute approximate surface area is 153 Å². The fraction of sp³-hybridized carbons (Fsp3) is 0.944. The maximum atomic E-state index is 5.47. The van der Waals surface area contributed by atoms with Crippen LogP contribution < -0.4 is 10.6 Å². The predicted molar refractivity (Wildman–Crippen MR) is 102 cm³/mol. The van der Waals surface area contributed by atoms with E-state index in [0.29, 0.717) is 19.1 Å². The van der Waals surface area contributed by atoms with Gasteiger partial charge < -0.3 is 29.7 Å². The lowest BCUT2D eigenvalue weighted by Crippen LogP contribution is -2.39. The minimum atomic E-state index is 0.655. The lowest BCUT2D eigenvalue weighted by Gasteiger charge is -2.31. The van der Waals surface area contributed by atoms with Crippen LogP contribution in [0.25, 0.3) is 0 Å². The molecule has 0 bridgehead atoms. The number of aliphatic imine (C=N–C) groups is 1. The number of hydrogen-bond acceptors (Lipinski definition) is 5. The number of hydrogen-bond donors (Lipinski definition) is 2. The summed E-state index contributed by atoms with van der Waals surface area (Å²) in [6.45, 7) is 11.0. The highest BCUT2D eigenvalue weighted by Crippen LogP contribution is 2.17. The summed E-state index contributed by atoms with van der Waals surface area (Å²) in [5.74, 6) is 1.60. The first-order chi connectivity index (χ1) is 12.3. The van der Waals surface area contributed by atoms with E-state index in [-0.39, 0.29) is 0 Å². The molecule has 0 saturated carbocycles. The molecule has 1 aliphatic rings. The Kier molecular flexibility index (Phi) is 13.6. The number of piperidine rings is 1. The van der Waals surface area contributed by atoms with Crippen LogP contribution in [0.15, 0.2) is 4.99 Å². The molecule has 148 valence electrons. The van der Waals surface area contributed by atoms with Crippen LogP contribution >= 0.6 is 0 Å². The van der Waals surface area contributed by atoms with Gasteiger partial charge in [-0.3, -0.25) is 4.99 Å². The zero-order valence-corrected chi connectivity index (χ0v) is 16.4. The van der Waals surface area contributed by atoms with Crippen LogP contribution in [0.1, 0.15) is 26.2 Å². The third-order valence-electron chi connectivity index (χ3n) is 4.36. The Morgan fingerprint density at radius 3 is 2.48 bits per heavy atom. The Morgan fingerprint density at radius 2 is 1.80 bits per heavy atom. The largest absolute Gasteiger partial charge is 0.383 e. The SMILES string of the molecule is CCNC(=NCC1CCN(CCOC)CC1)NCCCOCCOC. The molecule has 1 heterocycles. The minimum Gasteiger partial charge on any atom is -0.383 e. The van der Waals surface area contributed by atoms with Crippen molar-refractivity contribution in [2.24, 2.45) is 10.9 Å². The van der Waals surface area contributed by atoms with Gasteiger partial charge in [0.05, 0.1) is 19.8 Å². The second-order valence-electron chi connectivity index (χ2n) is 6.38. The van der Waals surface area contributed by atoms with Gasteiger partial charge in [-0.2, -0.15) is 0 Å². The second kappa shape index (κ2) is 15.4. The molecule has 0 aromatic carbocycles. The molecule has 0 amide bonds. The van der Waals surface area contributed by atoms with E-state index in [2.05, 4.69) is 22.5 Å². The number of rotatable bonds is 13. The van der Waals surface area contributed by atoms with Gasteiger partial charge >= 0.3 is 0 Å². The molecule has 1 aliphatic heterocycles. The maximum absolute atomic E-state index is 5.47. The van der Waals surface area contributed by atoms with Crippen molar-refractivity contribution >= 4 is 5.96 Å². The number of guanidine groups is 1. The lowest BCUT2D eigenvalue weighted by atomic mass is 9.97. The fourth-order valence-electron chi connectivity index (χ4n) is 2.80. The Hall–Kier alpha value is -0.890. The van der Waals surface area contributed by atoms with Crippen molar-refractivity contribution in [2.75, 3.05) is 79.9 Å². The van der Waals surface area contributed by atoms with Gasteiger partial charge in [0.15, 0.2) is 5.96 Å². The van der Waals surface area contributed by atoms with Gasteiger partial charge in [-0.15, -0.1) is 0 Å². The van der Waals surface area contributed by atoms with Crippen LogP contribution in [0.3, 0.4) is 0 Å². The van der Waals surface area contributed by atoms with Crippen molar-refractivity contribution in [2.45, 2.75) is 26.2 Å². The molecule has 0 radical (unpaired) electrons. The Morgan fingerprint density at radius 1 is 1.04 bits per heavy atom. The number of methoxy groups -OCH3 is 2. The molecule has 1 rings (SSSR count). The van der Waals surface area contributed by atoms with E-state index >= 15 is 0 Å². The number of likely N-dealkylation sites (tertiary alicyclic amines) is 1. The average Bonchev–Trinajstić information content (AvgIpc) is 2.64.